The Morgan fingerprint density at radius 1 is 1.24 bits per heavy atom. The first-order chi connectivity index (χ1) is 13.9. The standard InChI is InChI=1S/C20H24N2O6S/c1-27-17-4-2-3-14-11-16(20(24)28-18(14)17)19(23)21-12-13-7-9-22(10-8-13)29(25,26)15-5-6-15/h2-4,11,13,15H,5-10,12H2,1H3,(H,21,23). The predicted octanol–water partition coefficient (Wildman–Crippen LogP) is 1.74. The van der Waals surface area contributed by atoms with E-state index in [1.54, 1.807) is 22.5 Å². The molecule has 0 radical (unpaired) electrons. The number of hydrogen-bond donors (Lipinski definition) is 1. The van der Waals surface area contributed by atoms with E-state index in [2.05, 4.69) is 5.32 Å². The van der Waals surface area contributed by atoms with Crippen molar-refractivity contribution in [1.82, 2.24) is 9.62 Å². The zero-order valence-corrected chi connectivity index (χ0v) is 17.0. The van der Waals surface area contributed by atoms with Gasteiger partial charge in [0, 0.05) is 25.0 Å². The van der Waals surface area contributed by atoms with Gasteiger partial charge in [0.15, 0.2) is 11.3 Å². The summed E-state index contributed by atoms with van der Waals surface area (Å²) >= 11 is 0. The maximum atomic E-state index is 12.5. The van der Waals surface area contributed by atoms with Crippen LogP contribution >= 0.6 is 0 Å². The van der Waals surface area contributed by atoms with Gasteiger partial charge < -0.3 is 14.5 Å². The molecular formula is C20H24N2O6S. The summed E-state index contributed by atoms with van der Waals surface area (Å²) in [5.41, 5.74) is -0.467. The molecule has 2 aliphatic rings. The molecule has 29 heavy (non-hydrogen) atoms. The topological polar surface area (TPSA) is 106 Å². The van der Waals surface area contributed by atoms with Crippen molar-refractivity contribution < 1.29 is 22.4 Å². The first-order valence-corrected chi connectivity index (χ1v) is 11.3. The molecule has 1 aromatic carbocycles. The zero-order valence-electron chi connectivity index (χ0n) is 16.2. The third-order valence-electron chi connectivity index (χ3n) is 5.62. The number of para-hydroxylation sites is 1. The largest absolute Gasteiger partial charge is 0.493 e. The van der Waals surface area contributed by atoms with E-state index in [1.807, 2.05) is 0 Å². The Hall–Kier alpha value is -2.39. The van der Waals surface area contributed by atoms with Gasteiger partial charge >= 0.3 is 5.63 Å². The van der Waals surface area contributed by atoms with Gasteiger partial charge in [-0.1, -0.05) is 12.1 Å². The Labute approximate surface area is 168 Å². The zero-order chi connectivity index (χ0) is 20.6. The molecule has 8 nitrogen and oxygen atoms in total. The highest BCUT2D eigenvalue weighted by Crippen LogP contribution is 2.33. The maximum absolute atomic E-state index is 12.5. The van der Waals surface area contributed by atoms with Crippen molar-refractivity contribution in [3.05, 3.63) is 40.2 Å². The number of carbonyl (C=O) groups is 1. The van der Waals surface area contributed by atoms with Crippen LogP contribution in [0.15, 0.2) is 33.5 Å². The second-order valence-corrected chi connectivity index (χ2v) is 9.84. The normalized spacial score (nSPS) is 18.7. The molecule has 4 rings (SSSR count). The minimum Gasteiger partial charge on any atom is -0.493 e. The number of carbonyl (C=O) groups excluding carboxylic acids is 1. The molecule has 9 heteroatoms. The fraction of sp³-hybridized carbons (Fsp3) is 0.500. The quantitative estimate of drug-likeness (QED) is 0.714. The number of amides is 1. The Kier molecular flexibility index (Phi) is 5.35. The number of benzene rings is 1. The van der Waals surface area contributed by atoms with E-state index >= 15 is 0 Å². The van der Waals surface area contributed by atoms with Gasteiger partial charge in [0.05, 0.1) is 12.4 Å². The fourth-order valence-corrected chi connectivity index (χ4v) is 5.59. The van der Waals surface area contributed by atoms with E-state index in [1.165, 1.54) is 13.2 Å². The number of hydrogen-bond acceptors (Lipinski definition) is 6. The van der Waals surface area contributed by atoms with E-state index < -0.39 is 21.6 Å². The maximum Gasteiger partial charge on any atom is 0.349 e. The van der Waals surface area contributed by atoms with Crippen LogP contribution in [0.25, 0.3) is 11.0 Å². The number of ether oxygens (including phenoxy) is 1. The number of piperidine rings is 1. The van der Waals surface area contributed by atoms with Gasteiger partial charge in [-0.25, -0.2) is 17.5 Å². The van der Waals surface area contributed by atoms with E-state index in [9.17, 15) is 18.0 Å². The molecule has 0 atom stereocenters. The van der Waals surface area contributed by atoms with E-state index in [0.717, 1.165) is 12.8 Å². The smallest absolute Gasteiger partial charge is 0.349 e. The van der Waals surface area contributed by atoms with E-state index in [0.29, 0.717) is 49.2 Å². The van der Waals surface area contributed by atoms with Gasteiger partial charge in [-0.05, 0) is 43.7 Å². The number of fused-ring (bicyclic) bond motifs is 1. The lowest BCUT2D eigenvalue weighted by atomic mass is 9.98. The Bertz CT molecular complexity index is 1080. The van der Waals surface area contributed by atoms with Crippen LogP contribution in [0, 0.1) is 5.92 Å². The molecule has 1 aliphatic heterocycles. The van der Waals surface area contributed by atoms with Gasteiger partial charge in [-0.3, -0.25) is 4.79 Å². The van der Waals surface area contributed by atoms with Crippen LogP contribution in [-0.2, 0) is 10.0 Å². The van der Waals surface area contributed by atoms with Gasteiger partial charge in [0.25, 0.3) is 5.91 Å². The Morgan fingerprint density at radius 3 is 2.62 bits per heavy atom. The van der Waals surface area contributed by atoms with Crippen molar-refractivity contribution in [2.75, 3.05) is 26.7 Å². The lowest BCUT2D eigenvalue weighted by molar-refractivity contribution is 0.0938. The summed E-state index contributed by atoms with van der Waals surface area (Å²) in [5, 5.41) is 3.21. The summed E-state index contributed by atoms with van der Waals surface area (Å²) in [6.45, 7) is 1.36. The van der Waals surface area contributed by atoms with Crippen molar-refractivity contribution in [3.63, 3.8) is 0 Å². The monoisotopic (exact) mass is 420 g/mol. The van der Waals surface area contributed by atoms with Crippen molar-refractivity contribution in [2.45, 2.75) is 30.9 Å². The molecule has 1 aliphatic carbocycles. The van der Waals surface area contributed by atoms with E-state index in [4.69, 9.17) is 9.15 Å². The molecule has 2 aromatic rings. The van der Waals surface area contributed by atoms with Crippen LogP contribution in [0.2, 0.25) is 0 Å². The number of methoxy groups -OCH3 is 1. The number of nitrogens with one attached hydrogen (secondary N) is 1. The summed E-state index contributed by atoms with van der Waals surface area (Å²) in [4.78, 5) is 24.8. The Balaban J connectivity index is 1.38. The molecule has 1 N–H and O–H groups in total. The predicted molar refractivity (Wildman–Crippen MR) is 108 cm³/mol. The van der Waals surface area contributed by atoms with Gasteiger partial charge in [0.2, 0.25) is 10.0 Å². The SMILES string of the molecule is COc1cccc2cc(C(=O)NCC3CCN(S(=O)(=O)C4CC4)CC3)c(=O)oc12. The average Bonchev–Trinajstić information content (AvgIpc) is 3.57. The van der Waals surface area contributed by atoms with Crippen LogP contribution in [0.1, 0.15) is 36.0 Å². The molecular weight excluding hydrogens is 396 g/mol. The summed E-state index contributed by atoms with van der Waals surface area (Å²) in [7, 11) is -1.65. The highest BCUT2D eigenvalue weighted by atomic mass is 32.2. The van der Waals surface area contributed by atoms with Gasteiger partial charge in [-0.15, -0.1) is 0 Å². The second-order valence-electron chi connectivity index (χ2n) is 7.62. The van der Waals surface area contributed by atoms with Crippen LogP contribution in [0.4, 0.5) is 0 Å². The molecule has 2 fully saturated rings. The van der Waals surface area contributed by atoms with Crippen molar-refractivity contribution in [2.24, 2.45) is 5.92 Å². The molecule has 2 heterocycles. The third kappa shape index (κ3) is 4.02. The fourth-order valence-electron chi connectivity index (χ4n) is 3.71. The van der Waals surface area contributed by atoms with Crippen LogP contribution < -0.4 is 15.7 Å². The molecule has 156 valence electrons. The van der Waals surface area contributed by atoms with E-state index in [-0.39, 0.29) is 16.7 Å². The van der Waals surface area contributed by atoms with Crippen LogP contribution in [-0.4, -0.2) is 50.6 Å². The Morgan fingerprint density at radius 2 is 1.97 bits per heavy atom. The summed E-state index contributed by atoms with van der Waals surface area (Å²) in [5.74, 6) is 0.119. The highest BCUT2D eigenvalue weighted by molar-refractivity contribution is 7.90. The molecule has 1 saturated carbocycles. The van der Waals surface area contributed by atoms with Crippen LogP contribution in [0.3, 0.4) is 0 Å². The lowest BCUT2D eigenvalue weighted by Gasteiger charge is -2.31. The van der Waals surface area contributed by atoms with Crippen LogP contribution in [0.5, 0.6) is 5.75 Å². The summed E-state index contributed by atoms with van der Waals surface area (Å²) < 4.78 is 36.6. The number of sulfonamides is 1. The molecule has 1 aromatic heterocycles. The number of nitrogens with zero attached hydrogens (tertiary/aromatic N) is 1. The molecule has 1 amide bonds. The molecule has 0 bridgehead atoms. The molecule has 0 unspecified atom stereocenters. The van der Waals surface area contributed by atoms with Crippen molar-refractivity contribution in [3.8, 4) is 5.75 Å². The summed E-state index contributed by atoms with van der Waals surface area (Å²) in [6, 6.07) is 6.69. The first-order valence-electron chi connectivity index (χ1n) is 9.78. The molecule has 0 spiro atoms. The second kappa shape index (κ2) is 7.79. The lowest BCUT2D eigenvalue weighted by Crippen LogP contribution is -2.43. The minimum absolute atomic E-state index is 0.0560. The molecule has 1 saturated heterocycles. The highest BCUT2D eigenvalue weighted by Gasteiger charge is 2.41. The van der Waals surface area contributed by atoms with Gasteiger partial charge in [-0.2, -0.15) is 0 Å². The van der Waals surface area contributed by atoms with Crippen molar-refractivity contribution in [1.29, 1.82) is 0 Å². The minimum atomic E-state index is -3.14. The first kappa shape index (κ1) is 19.9. The third-order valence-corrected chi connectivity index (χ3v) is 8.02. The van der Waals surface area contributed by atoms with Crippen molar-refractivity contribution >= 4 is 26.9 Å². The summed E-state index contributed by atoms with van der Waals surface area (Å²) in [6.07, 6.45) is 2.91. The number of rotatable bonds is 6. The van der Waals surface area contributed by atoms with Gasteiger partial charge in [0.1, 0.15) is 5.56 Å². The average molecular weight is 420 g/mol.